The highest BCUT2D eigenvalue weighted by Crippen LogP contribution is 2.40. The molecule has 0 radical (unpaired) electrons. The van der Waals surface area contributed by atoms with Crippen LogP contribution in [0, 0.1) is 0 Å². The number of thiophene rings is 1. The average molecular weight is 592 g/mol. The Morgan fingerprint density at radius 2 is 0.956 bits per heavy atom. The second-order valence-electron chi connectivity index (χ2n) is 11.3. The molecule has 2 heterocycles. The molecule has 210 valence electrons. The smallest absolute Gasteiger partial charge is 0.165 e. The van der Waals surface area contributed by atoms with Gasteiger partial charge in [-0.3, -0.25) is 0 Å². The van der Waals surface area contributed by atoms with Crippen molar-refractivity contribution in [3.63, 3.8) is 0 Å². The van der Waals surface area contributed by atoms with E-state index in [9.17, 15) is 0 Å². The van der Waals surface area contributed by atoms with Gasteiger partial charge in [0.15, 0.2) is 17.5 Å². The Hall–Kier alpha value is -5.71. The molecule has 0 bridgehead atoms. The van der Waals surface area contributed by atoms with E-state index in [1.807, 2.05) is 18.2 Å². The monoisotopic (exact) mass is 591 g/mol. The molecule has 0 aliphatic heterocycles. The molecule has 0 spiro atoms. The van der Waals surface area contributed by atoms with Crippen LogP contribution in [0.3, 0.4) is 0 Å². The molecule has 7 aromatic carbocycles. The summed E-state index contributed by atoms with van der Waals surface area (Å²) in [5.74, 6) is 2.01. The molecule has 0 aliphatic carbocycles. The molecule has 0 saturated carbocycles. The van der Waals surface area contributed by atoms with Crippen LogP contribution in [-0.2, 0) is 0 Å². The van der Waals surface area contributed by atoms with Crippen molar-refractivity contribution in [1.29, 1.82) is 0 Å². The van der Waals surface area contributed by atoms with Crippen LogP contribution in [0.2, 0.25) is 0 Å². The van der Waals surface area contributed by atoms with Crippen molar-refractivity contribution in [1.82, 2.24) is 15.0 Å². The molecule has 0 atom stereocenters. The van der Waals surface area contributed by atoms with Gasteiger partial charge in [-0.25, -0.2) is 15.0 Å². The molecule has 2 aromatic heterocycles. The number of nitrogens with zero attached hydrogens (tertiary/aromatic N) is 3. The van der Waals surface area contributed by atoms with E-state index < -0.39 is 0 Å². The van der Waals surface area contributed by atoms with Crippen LogP contribution in [0.25, 0.3) is 87.0 Å². The maximum Gasteiger partial charge on any atom is 0.165 e. The second-order valence-corrected chi connectivity index (χ2v) is 12.3. The largest absolute Gasteiger partial charge is 0.208 e. The van der Waals surface area contributed by atoms with Crippen molar-refractivity contribution in [3.8, 4) is 45.3 Å². The number of rotatable bonds is 4. The summed E-state index contributed by atoms with van der Waals surface area (Å²) in [7, 11) is 0. The Morgan fingerprint density at radius 3 is 1.82 bits per heavy atom. The molecule has 9 aromatic rings. The zero-order chi connectivity index (χ0) is 29.7. The van der Waals surface area contributed by atoms with E-state index >= 15 is 0 Å². The molecule has 45 heavy (non-hydrogen) atoms. The third-order valence-corrected chi connectivity index (χ3v) is 9.73. The van der Waals surface area contributed by atoms with Gasteiger partial charge in [0, 0.05) is 36.9 Å². The van der Waals surface area contributed by atoms with Gasteiger partial charge in [-0.2, -0.15) is 0 Å². The lowest BCUT2D eigenvalue weighted by Gasteiger charge is -2.11. The Kier molecular flexibility index (Phi) is 6.00. The van der Waals surface area contributed by atoms with Crippen LogP contribution in [0.1, 0.15) is 0 Å². The predicted octanol–water partition coefficient (Wildman–Crippen LogP) is 11.2. The zero-order valence-corrected chi connectivity index (χ0v) is 25.0. The van der Waals surface area contributed by atoms with Crippen molar-refractivity contribution in [2.45, 2.75) is 0 Å². The molecule has 0 N–H and O–H groups in total. The molecular formula is C41H25N3S. The standard InChI is InChI=1S/C41H25N3S/c1-2-11-27(12-3-1)39-42-40(44-41(43-39)36-18-9-17-35-34-15-6-7-19-37(34)45-38(35)36)31-23-21-28-24-30(22-20-29(28)25-31)33-16-8-13-26-10-4-5-14-32(26)33/h1-25H. The van der Waals surface area contributed by atoms with E-state index in [0.717, 1.165) is 22.1 Å². The summed E-state index contributed by atoms with van der Waals surface area (Å²) in [5, 5.41) is 7.31. The summed E-state index contributed by atoms with van der Waals surface area (Å²) in [6.07, 6.45) is 0. The summed E-state index contributed by atoms with van der Waals surface area (Å²) >= 11 is 1.79. The van der Waals surface area contributed by atoms with Crippen LogP contribution in [-0.4, -0.2) is 15.0 Å². The van der Waals surface area contributed by atoms with Gasteiger partial charge < -0.3 is 0 Å². The van der Waals surface area contributed by atoms with E-state index in [-0.39, 0.29) is 0 Å². The molecule has 0 fully saturated rings. The van der Waals surface area contributed by atoms with E-state index in [4.69, 9.17) is 15.0 Å². The van der Waals surface area contributed by atoms with Crippen molar-refractivity contribution < 1.29 is 0 Å². The van der Waals surface area contributed by atoms with Gasteiger partial charge in [0.05, 0.1) is 0 Å². The topological polar surface area (TPSA) is 38.7 Å². The first-order valence-electron chi connectivity index (χ1n) is 15.0. The van der Waals surface area contributed by atoms with Crippen LogP contribution < -0.4 is 0 Å². The minimum atomic E-state index is 0.664. The van der Waals surface area contributed by atoms with Crippen LogP contribution in [0.5, 0.6) is 0 Å². The quantitative estimate of drug-likeness (QED) is 0.204. The summed E-state index contributed by atoms with van der Waals surface area (Å²) in [6.45, 7) is 0. The van der Waals surface area contributed by atoms with E-state index in [0.29, 0.717) is 17.5 Å². The summed E-state index contributed by atoms with van der Waals surface area (Å²) in [6, 6.07) is 53.4. The van der Waals surface area contributed by atoms with Gasteiger partial charge in [-0.15, -0.1) is 11.3 Å². The van der Waals surface area contributed by atoms with Crippen molar-refractivity contribution >= 4 is 53.1 Å². The van der Waals surface area contributed by atoms with Crippen LogP contribution in [0.15, 0.2) is 152 Å². The lowest BCUT2D eigenvalue weighted by molar-refractivity contribution is 1.08. The minimum absolute atomic E-state index is 0.664. The fourth-order valence-corrected chi connectivity index (χ4v) is 7.51. The van der Waals surface area contributed by atoms with Gasteiger partial charge in [0.25, 0.3) is 0 Å². The first-order valence-corrected chi connectivity index (χ1v) is 15.8. The number of hydrogen-bond donors (Lipinski definition) is 0. The van der Waals surface area contributed by atoms with Gasteiger partial charge >= 0.3 is 0 Å². The number of fused-ring (bicyclic) bond motifs is 5. The molecule has 9 rings (SSSR count). The zero-order valence-electron chi connectivity index (χ0n) is 24.2. The Bertz CT molecular complexity index is 2540. The number of benzene rings is 7. The maximum atomic E-state index is 5.11. The SMILES string of the molecule is c1ccc(-c2nc(-c3ccc4cc(-c5cccc6ccccc56)ccc4c3)nc(-c3cccc4c3sc3ccccc34)n2)cc1. The second kappa shape index (κ2) is 10.5. The highest BCUT2D eigenvalue weighted by atomic mass is 32.1. The predicted molar refractivity (Wildman–Crippen MR) is 189 cm³/mol. The number of aromatic nitrogens is 3. The van der Waals surface area contributed by atoms with Crippen LogP contribution in [0.4, 0.5) is 0 Å². The summed E-state index contributed by atoms with van der Waals surface area (Å²) < 4.78 is 2.45. The third-order valence-electron chi connectivity index (χ3n) is 8.51. The Balaban J connectivity index is 1.20. The van der Waals surface area contributed by atoms with Gasteiger partial charge in [-0.1, -0.05) is 127 Å². The van der Waals surface area contributed by atoms with E-state index in [1.54, 1.807) is 11.3 Å². The Labute approximate surface area is 264 Å². The van der Waals surface area contributed by atoms with Gasteiger partial charge in [0.2, 0.25) is 0 Å². The molecular weight excluding hydrogens is 567 g/mol. The number of hydrogen-bond acceptors (Lipinski definition) is 4. The van der Waals surface area contributed by atoms with Crippen LogP contribution >= 0.6 is 11.3 Å². The fraction of sp³-hybridized carbons (Fsp3) is 0. The highest BCUT2D eigenvalue weighted by molar-refractivity contribution is 7.26. The van der Waals surface area contributed by atoms with Crippen molar-refractivity contribution in [2.24, 2.45) is 0 Å². The first-order chi connectivity index (χ1) is 22.3. The molecule has 3 nitrogen and oxygen atoms in total. The molecule has 0 aliphatic rings. The van der Waals surface area contributed by atoms with Crippen molar-refractivity contribution in [3.05, 3.63) is 152 Å². The van der Waals surface area contributed by atoms with Gasteiger partial charge in [0.1, 0.15) is 0 Å². The summed E-state index contributed by atoms with van der Waals surface area (Å²) in [4.78, 5) is 15.2. The molecule has 4 heteroatoms. The minimum Gasteiger partial charge on any atom is -0.208 e. The fourth-order valence-electron chi connectivity index (χ4n) is 6.29. The van der Waals surface area contributed by atoms with Crippen molar-refractivity contribution in [2.75, 3.05) is 0 Å². The van der Waals surface area contributed by atoms with Gasteiger partial charge in [-0.05, 0) is 56.9 Å². The average Bonchev–Trinajstić information content (AvgIpc) is 3.50. The normalized spacial score (nSPS) is 11.6. The first kappa shape index (κ1) is 25.8. The maximum absolute atomic E-state index is 5.11. The van der Waals surface area contributed by atoms with E-state index in [2.05, 4.69) is 133 Å². The lowest BCUT2D eigenvalue weighted by atomic mass is 9.96. The third kappa shape index (κ3) is 4.46. The molecule has 0 saturated heterocycles. The van der Waals surface area contributed by atoms with E-state index in [1.165, 1.54) is 47.5 Å². The summed E-state index contributed by atoms with van der Waals surface area (Å²) in [5.41, 5.74) is 5.40. The highest BCUT2D eigenvalue weighted by Gasteiger charge is 2.17. The lowest BCUT2D eigenvalue weighted by Crippen LogP contribution is -2.00. The molecule has 0 unspecified atom stereocenters. The molecule has 0 amide bonds. The Morgan fingerprint density at radius 1 is 0.356 bits per heavy atom.